The molecule has 3 aliphatic heterocycles. The Bertz CT molecular complexity index is 768. The molecule has 138 valence electrons. The Morgan fingerprint density at radius 3 is 3.00 bits per heavy atom. The lowest BCUT2D eigenvalue weighted by Crippen LogP contribution is -2.57. The summed E-state index contributed by atoms with van der Waals surface area (Å²) in [5, 5.41) is 2.16. The Morgan fingerprint density at radius 1 is 1.31 bits per heavy atom. The number of piperidine rings is 1. The fraction of sp³-hybridized carbons (Fsp3) is 0.571. The number of hydrogen-bond acceptors (Lipinski definition) is 5. The summed E-state index contributed by atoms with van der Waals surface area (Å²) in [4.78, 5) is 6.97. The van der Waals surface area contributed by atoms with Crippen molar-refractivity contribution in [3.05, 3.63) is 45.9 Å². The summed E-state index contributed by atoms with van der Waals surface area (Å²) in [6, 6.07) is 6.61. The molecule has 0 aliphatic carbocycles. The van der Waals surface area contributed by atoms with Gasteiger partial charge in [0, 0.05) is 55.9 Å². The molecule has 1 spiro atoms. The summed E-state index contributed by atoms with van der Waals surface area (Å²) < 4.78 is 13.1. The van der Waals surface area contributed by atoms with E-state index in [-0.39, 0.29) is 11.7 Å². The molecule has 5 rings (SSSR count). The zero-order chi connectivity index (χ0) is 17.6. The molecule has 2 saturated heterocycles. The Hall–Kier alpha value is -1.43. The van der Waals surface area contributed by atoms with E-state index in [4.69, 9.17) is 9.47 Å². The second kappa shape index (κ2) is 6.63. The highest BCUT2D eigenvalue weighted by Crippen LogP contribution is 2.53. The third-order valence-corrected chi connectivity index (χ3v) is 6.99. The first-order chi connectivity index (χ1) is 12.7. The molecule has 2 atom stereocenters. The van der Waals surface area contributed by atoms with Crippen LogP contribution in [0.5, 0.6) is 5.75 Å². The maximum absolute atomic E-state index is 6.77. The van der Waals surface area contributed by atoms with Gasteiger partial charge in [-0.15, -0.1) is 11.3 Å². The summed E-state index contributed by atoms with van der Waals surface area (Å²) in [7, 11) is 0. The van der Waals surface area contributed by atoms with Gasteiger partial charge in [-0.05, 0) is 31.4 Å². The Balaban J connectivity index is 1.39. The van der Waals surface area contributed by atoms with Gasteiger partial charge in [-0.3, -0.25) is 4.90 Å². The van der Waals surface area contributed by atoms with E-state index in [1.807, 2.05) is 5.51 Å². The van der Waals surface area contributed by atoms with Gasteiger partial charge in [-0.25, -0.2) is 4.98 Å². The van der Waals surface area contributed by atoms with E-state index in [0.29, 0.717) is 5.92 Å². The third-order valence-electron chi connectivity index (χ3n) is 6.36. The number of fused-ring (bicyclic) bond motifs is 4. The minimum Gasteiger partial charge on any atom is -0.486 e. The molecule has 26 heavy (non-hydrogen) atoms. The van der Waals surface area contributed by atoms with E-state index in [1.54, 1.807) is 11.3 Å². The average Bonchev–Trinajstić information content (AvgIpc) is 3.17. The van der Waals surface area contributed by atoms with Crippen LogP contribution in [-0.4, -0.2) is 35.2 Å². The largest absolute Gasteiger partial charge is 0.486 e. The molecular weight excluding hydrogens is 344 g/mol. The number of ether oxygens (including phenoxy) is 2. The van der Waals surface area contributed by atoms with E-state index in [2.05, 4.69) is 40.4 Å². The number of aromatic nitrogens is 1. The Labute approximate surface area is 159 Å². The van der Waals surface area contributed by atoms with Gasteiger partial charge in [0.15, 0.2) is 0 Å². The Morgan fingerprint density at radius 2 is 2.19 bits per heavy atom. The first-order valence-electron chi connectivity index (χ1n) is 9.74. The van der Waals surface area contributed by atoms with Crippen molar-refractivity contribution in [1.29, 1.82) is 0 Å². The number of rotatable bonds is 2. The van der Waals surface area contributed by atoms with Gasteiger partial charge >= 0.3 is 0 Å². The molecule has 1 aromatic heterocycles. The minimum atomic E-state index is -0.0650. The summed E-state index contributed by atoms with van der Waals surface area (Å²) in [5.41, 5.74) is 5.57. The van der Waals surface area contributed by atoms with Crippen LogP contribution in [-0.2, 0) is 11.3 Å². The van der Waals surface area contributed by atoms with Crippen LogP contribution in [0.15, 0.2) is 29.1 Å². The fourth-order valence-corrected chi connectivity index (χ4v) is 5.54. The van der Waals surface area contributed by atoms with Gasteiger partial charge in [0.1, 0.15) is 11.4 Å². The lowest BCUT2D eigenvalue weighted by atomic mass is 9.70. The molecule has 0 amide bonds. The molecule has 0 bridgehead atoms. The molecule has 0 unspecified atom stereocenters. The molecule has 4 heterocycles. The third kappa shape index (κ3) is 2.86. The summed E-state index contributed by atoms with van der Waals surface area (Å²) in [6.07, 6.45) is 4.72. The lowest BCUT2D eigenvalue weighted by molar-refractivity contribution is -0.150. The molecule has 5 heteroatoms. The number of thiazole rings is 1. The van der Waals surface area contributed by atoms with E-state index in [1.165, 1.54) is 23.2 Å². The van der Waals surface area contributed by atoms with E-state index in [0.717, 1.165) is 51.3 Å². The minimum absolute atomic E-state index is 0.0650. The van der Waals surface area contributed by atoms with Crippen molar-refractivity contribution in [2.75, 3.05) is 19.7 Å². The molecule has 2 fully saturated rings. The van der Waals surface area contributed by atoms with Gasteiger partial charge in [-0.1, -0.05) is 12.1 Å². The van der Waals surface area contributed by atoms with Crippen LogP contribution in [0.25, 0.3) is 0 Å². The molecule has 0 radical (unpaired) electrons. The van der Waals surface area contributed by atoms with Crippen molar-refractivity contribution in [3.63, 3.8) is 0 Å². The van der Waals surface area contributed by atoms with E-state index in [9.17, 15) is 0 Å². The standard InChI is InChI=1S/C21H26N2O2S/c1-15-4-5-17-19(11-15)25-21(18-3-2-10-24-20(17)18)6-8-23(9-7-21)12-16-13-26-14-22-16/h4-5,11,13-14,18,20H,2-3,6-10,12H2,1H3/t18-,20+/m0/s1. The topological polar surface area (TPSA) is 34.6 Å². The second-order valence-electron chi connectivity index (χ2n) is 8.00. The zero-order valence-electron chi connectivity index (χ0n) is 15.3. The van der Waals surface area contributed by atoms with Crippen LogP contribution in [0.4, 0.5) is 0 Å². The van der Waals surface area contributed by atoms with Crippen LogP contribution in [0.2, 0.25) is 0 Å². The predicted octanol–water partition coefficient (Wildman–Crippen LogP) is 4.35. The van der Waals surface area contributed by atoms with Gasteiger partial charge in [-0.2, -0.15) is 0 Å². The summed E-state index contributed by atoms with van der Waals surface area (Å²) >= 11 is 1.68. The average molecular weight is 371 g/mol. The molecule has 0 N–H and O–H groups in total. The highest BCUT2D eigenvalue weighted by Gasteiger charge is 2.52. The van der Waals surface area contributed by atoms with Gasteiger partial charge < -0.3 is 9.47 Å². The predicted molar refractivity (Wildman–Crippen MR) is 103 cm³/mol. The highest BCUT2D eigenvalue weighted by molar-refractivity contribution is 7.07. The zero-order valence-corrected chi connectivity index (χ0v) is 16.1. The normalized spacial score (nSPS) is 27.6. The summed E-state index contributed by atoms with van der Waals surface area (Å²) in [6.45, 7) is 6.12. The molecule has 3 aliphatic rings. The quantitative estimate of drug-likeness (QED) is 0.787. The van der Waals surface area contributed by atoms with Crippen LogP contribution in [0.1, 0.15) is 48.6 Å². The second-order valence-corrected chi connectivity index (χ2v) is 8.72. The number of benzene rings is 1. The van der Waals surface area contributed by atoms with Crippen molar-refractivity contribution >= 4 is 11.3 Å². The maximum Gasteiger partial charge on any atom is 0.126 e. The number of aryl methyl sites for hydroxylation is 1. The monoisotopic (exact) mass is 370 g/mol. The first kappa shape index (κ1) is 16.7. The number of hydrogen-bond donors (Lipinski definition) is 0. The van der Waals surface area contributed by atoms with Crippen LogP contribution in [0.3, 0.4) is 0 Å². The van der Waals surface area contributed by atoms with Gasteiger partial charge in [0.05, 0.1) is 17.3 Å². The van der Waals surface area contributed by atoms with Crippen LogP contribution < -0.4 is 4.74 Å². The van der Waals surface area contributed by atoms with E-state index >= 15 is 0 Å². The molecule has 2 aromatic rings. The van der Waals surface area contributed by atoms with Gasteiger partial charge in [0.25, 0.3) is 0 Å². The van der Waals surface area contributed by atoms with Crippen LogP contribution >= 0.6 is 11.3 Å². The molecule has 1 aromatic carbocycles. The lowest BCUT2D eigenvalue weighted by Gasteiger charge is -2.53. The maximum atomic E-state index is 6.77. The SMILES string of the molecule is Cc1ccc2c(c1)OC1(CCN(Cc3cscn3)CC1)[C@H]1CCCO[C@H]21. The molecule has 4 nitrogen and oxygen atoms in total. The number of likely N-dealkylation sites (tertiary alicyclic amines) is 1. The van der Waals surface area contributed by atoms with Crippen molar-refractivity contribution in [3.8, 4) is 5.75 Å². The van der Waals surface area contributed by atoms with E-state index < -0.39 is 0 Å². The van der Waals surface area contributed by atoms with Crippen molar-refractivity contribution in [2.24, 2.45) is 5.92 Å². The van der Waals surface area contributed by atoms with Crippen molar-refractivity contribution in [2.45, 2.75) is 50.9 Å². The summed E-state index contributed by atoms with van der Waals surface area (Å²) in [5.74, 6) is 1.54. The molecule has 0 saturated carbocycles. The Kier molecular flexibility index (Phi) is 4.26. The van der Waals surface area contributed by atoms with Crippen molar-refractivity contribution < 1.29 is 9.47 Å². The van der Waals surface area contributed by atoms with Gasteiger partial charge in [0.2, 0.25) is 0 Å². The van der Waals surface area contributed by atoms with Crippen LogP contribution in [0, 0.1) is 12.8 Å². The molecular formula is C21H26N2O2S. The number of nitrogens with zero attached hydrogens (tertiary/aromatic N) is 2. The fourth-order valence-electron chi connectivity index (χ4n) is 4.99. The first-order valence-corrected chi connectivity index (χ1v) is 10.7. The highest BCUT2D eigenvalue weighted by atomic mass is 32.1. The smallest absolute Gasteiger partial charge is 0.126 e. The van der Waals surface area contributed by atoms with Crippen molar-refractivity contribution in [1.82, 2.24) is 9.88 Å².